The zero-order valence-electron chi connectivity index (χ0n) is 19.1. The van der Waals surface area contributed by atoms with Gasteiger partial charge in [-0.3, -0.25) is 9.59 Å². The molecule has 2 aromatic heterocycles. The van der Waals surface area contributed by atoms with Crippen LogP contribution >= 0.6 is 0 Å². The molecule has 37 heavy (non-hydrogen) atoms. The number of nitrogens with zero attached hydrogens (tertiary/aromatic N) is 3. The quantitative estimate of drug-likeness (QED) is 0.274. The number of nitrogen functional groups attached to an aromatic ring is 1. The van der Waals surface area contributed by atoms with Crippen LogP contribution in [0.2, 0.25) is 0 Å². The van der Waals surface area contributed by atoms with Crippen molar-refractivity contribution >= 4 is 22.6 Å². The first-order valence-corrected chi connectivity index (χ1v) is 10.7. The van der Waals surface area contributed by atoms with Crippen LogP contribution in [0.5, 0.6) is 5.75 Å². The van der Waals surface area contributed by atoms with Crippen LogP contribution < -0.4 is 21.3 Å². The summed E-state index contributed by atoms with van der Waals surface area (Å²) < 4.78 is 59.6. The van der Waals surface area contributed by atoms with E-state index < -0.39 is 41.6 Å². The van der Waals surface area contributed by atoms with E-state index >= 15 is 0 Å². The molecule has 10 nitrogen and oxygen atoms in total. The third-order valence-electron chi connectivity index (χ3n) is 5.59. The Morgan fingerprint density at radius 3 is 2.57 bits per heavy atom. The second-order valence-corrected chi connectivity index (χ2v) is 7.92. The van der Waals surface area contributed by atoms with Crippen molar-refractivity contribution in [3.8, 4) is 17.0 Å². The number of aromatic nitrogens is 4. The van der Waals surface area contributed by atoms with Crippen molar-refractivity contribution in [3.05, 3.63) is 69.8 Å². The number of H-pyrrole nitrogens is 1. The highest BCUT2D eigenvalue weighted by Gasteiger charge is 2.43. The van der Waals surface area contributed by atoms with Crippen LogP contribution in [0.3, 0.4) is 0 Å². The zero-order chi connectivity index (χ0) is 26.9. The van der Waals surface area contributed by atoms with Crippen LogP contribution in [0.4, 0.5) is 23.4 Å². The van der Waals surface area contributed by atoms with Gasteiger partial charge in [-0.25, -0.2) is 14.2 Å². The molecule has 0 bridgehead atoms. The molecule has 2 heterocycles. The Morgan fingerprint density at radius 2 is 1.95 bits per heavy atom. The molecule has 0 fully saturated rings. The third-order valence-corrected chi connectivity index (χ3v) is 5.59. The summed E-state index contributed by atoms with van der Waals surface area (Å²) in [5.41, 5.74) is 5.29. The van der Waals surface area contributed by atoms with Crippen molar-refractivity contribution < 1.29 is 32.2 Å². The normalized spacial score (nSPS) is 12.5. The number of benzene rings is 2. The molecule has 0 saturated heterocycles. The van der Waals surface area contributed by atoms with E-state index in [1.165, 1.54) is 25.3 Å². The molecule has 0 radical (unpaired) electrons. The van der Waals surface area contributed by atoms with E-state index in [4.69, 9.17) is 10.5 Å². The van der Waals surface area contributed by atoms with Gasteiger partial charge in [0.25, 0.3) is 11.5 Å². The summed E-state index contributed by atoms with van der Waals surface area (Å²) in [7, 11) is 1.35. The molecule has 4 aromatic rings. The van der Waals surface area contributed by atoms with Gasteiger partial charge in [0.05, 0.1) is 24.7 Å². The average Bonchev–Trinajstić information content (AvgIpc) is 3.26. The second-order valence-electron chi connectivity index (χ2n) is 7.92. The predicted octanol–water partition coefficient (Wildman–Crippen LogP) is 2.54. The zero-order valence-corrected chi connectivity index (χ0v) is 19.1. The largest absolute Gasteiger partial charge is 0.496 e. The number of hydrogen-bond donors (Lipinski definition) is 4. The van der Waals surface area contributed by atoms with Crippen LogP contribution in [0.1, 0.15) is 22.0 Å². The summed E-state index contributed by atoms with van der Waals surface area (Å²) in [6.45, 7) is -1.31. The number of fused-ring (bicyclic) bond motifs is 1. The van der Waals surface area contributed by atoms with Gasteiger partial charge >= 0.3 is 6.18 Å². The van der Waals surface area contributed by atoms with E-state index in [-0.39, 0.29) is 34.8 Å². The topological polar surface area (TPSA) is 148 Å². The lowest BCUT2D eigenvalue weighted by molar-refractivity contribution is -0.177. The number of rotatable bonds is 7. The van der Waals surface area contributed by atoms with Crippen LogP contribution in [-0.2, 0) is 6.54 Å². The van der Waals surface area contributed by atoms with Crippen molar-refractivity contribution in [1.82, 2.24) is 25.3 Å². The number of aliphatic hydroxyl groups excluding tert-OH is 1. The fraction of sp³-hybridized carbons (Fsp3) is 0.217. The van der Waals surface area contributed by atoms with E-state index in [1.807, 2.05) is 5.10 Å². The van der Waals surface area contributed by atoms with E-state index in [0.29, 0.717) is 15.8 Å². The van der Waals surface area contributed by atoms with Crippen molar-refractivity contribution in [1.29, 1.82) is 0 Å². The van der Waals surface area contributed by atoms with E-state index in [2.05, 4.69) is 15.5 Å². The molecule has 0 aliphatic carbocycles. The number of anilines is 1. The Kier molecular flexibility index (Phi) is 6.85. The van der Waals surface area contributed by atoms with Gasteiger partial charge < -0.3 is 20.9 Å². The molecule has 0 aliphatic heterocycles. The van der Waals surface area contributed by atoms with Crippen molar-refractivity contribution in [2.24, 2.45) is 0 Å². The van der Waals surface area contributed by atoms with Crippen LogP contribution in [-0.4, -0.2) is 50.9 Å². The number of aliphatic hydroxyl groups is 1. The van der Waals surface area contributed by atoms with E-state index in [1.54, 1.807) is 12.1 Å². The first kappa shape index (κ1) is 25.6. The number of carbonyl (C=O) groups is 1. The van der Waals surface area contributed by atoms with Gasteiger partial charge in [-0.05, 0) is 23.8 Å². The molecule has 0 spiro atoms. The molecule has 194 valence electrons. The Bertz CT molecular complexity index is 1510. The van der Waals surface area contributed by atoms with Gasteiger partial charge in [0, 0.05) is 12.1 Å². The number of alkyl halides is 3. The van der Waals surface area contributed by atoms with Gasteiger partial charge in [-0.1, -0.05) is 24.3 Å². The number of amides is 1. The Hall–Kier alpha value is -4.46. The Balaban J connectivity index is 1.65. The molecule has 1 unspecified atom stereocenters. The molecule has 1 atom stereocenters. The molecule has 1 amide bonds. The number of aromatic amines is 1. The smallest absolute Gasteiger partial charge is 0.413 e. The molecule has 0 aliphatic rings. The highest BCUT2D eigenvalue weighted by molar-refractivity contribution is 5.99. The third kappa shape index (κ3) is 4.95. The summed E-state index contributed by atoms with van der Waals surface area (Å²) in [6.07, 6.45) is -4.90. The van der Waals surface area contributed by atoms with Gasteiger partial charge in [-0.2, -0.15) is 23.4 Å². The standard InChI is InChI=1S/C23H20F4N6O4/c1-37-15-7-6-13(24)8-14(15)21(35)29-9-11-2-4-12(5-3-11)18-17-19(22(36)31-30-20(17)28)33(32-18)16(10-34)23(25,26)27/h2-8,16,34H,9-10H2,1H3,(H2,28,30)(H,29,35)(H,31,36). The minimum Gasteiger partial charge on any atom is -0.496 e. The maximum absolute atomic E-state index is 13.6. The van der Waals surface area contributed by atoms with Crippen LogP contribution in [0.25, 0.3) is 22.2 Å². The molecule has 0 saturated carbocycles. The van der Waals surface area contributed by atoms with Crippen molar-refractivity contribution in [2.75, 3.05) is 19.5 Å². The fourth-order valence-electron chi connectivity index (χ4n) is 3.78. The SMILES string of the molecule is COc1ccc(F)cc1C(=O)NCc1ccc(-c2nn(C(CO)C(F)(F)F)c3c(=O)[nH]nc(N)c23)cc1. The number of hydrogen-bond acceptors (Lipinski definition) is 7. The van der Waals surface area contributed by atoms with Crippen molar-refractivity contribution in [2.45, 2.75) is 18.8 Å². The maximum Gasteiger partial charge on any atom is 0.413 e. The predicted molar refractivity (Wildman–Crippen MR) is 124 cm³/mol. The number of nitrogens with one attached hydrogen (secondary N) is 2. The first-order valence-electron chi connectivity index (χ1n) is 10.7. The molecular formula is C23H20F4N6O4. The first-order chi connectivity index (χ1) is 17.5. The molecule has 14 heteroatoms. The number of methoxy groups -OCH3 is 1. The number of halogens is 4. The highest BCUT2D eigenvalue weighted by atomic mass is 19.4. The van der Waals surface area contributed by atoms with Crippen LogP contribution in [0.15, 0.2) is 47.3 Å². The minimum atomic E-state index is -4.90. The number of carbonyl (C=O) groups excluding carboxylic acids is 1. The van der Waals surface area contributed by atoms with Gasteiger partial charge in [0.1, 0.15) is 22.8 Å². The van der Waals surface area contributed by atoms with Gasteiger partial charge in [-0.15, -0.1) is 0 Å². The summed E-state index contributed by atoms with van der Waals surface area (Å²) in [5, 5.41) is 21.5. The second kappa shape index (κ2) is 9.89. The molecule has 2 aromatic carbocycles. The van der Waals surface area contributed by atoms with Crippen LogP contribution in [0, 0.1) is 5.82 Å². The Morgan fingerprint density at radius 1 is 1.24 bits per heavy atom. The molecular weight excluding hydrogens is 500 g/mol. The molecule has 4 rings (SSSR count). The summed E-state index contributed by atoms with van der Waals surface area (Å²) in [6, 6.07) is 7.22. The van der Waals surface area contributed by atoms with Crippen molar-refractivity contribution in [3.63, 3.8) is 0 Å². The van der Waals surface area contributed by atoms with Gasteiger partial charge in [0.15, 0.2) is 11.9 Å². The lowest BCUT2D eigenvalue weighted by Crippen LogP contribution is -2.32. The lowest BCUT2D eigenvalue weighted by Gasteiger charge is -2.18. The summed E-state index contributed by atoms with van der Waals surface area (Å²) >= 11 is 0. The lowest BCUT2D eigenvalue weighted by atomic mass is 10.1. The fourth-order valence-corrected chi connectivity index (χ4v) is 3.78. The van der Waals surface area contributed by atoms with E-state index in [0.717, 1.165) is 12.1 Å². The number of nitrogens with two attached hydrogens (primary N) is 1. The molecule has 5 N–H and O–H groups in total. The average molecular weight is 520 g/mol. The van der Waals surface area contributed by atoms with E-state index in [9.17, 15) is 32.3 Å². The Labute approximate surface area is 205 Å². The minimum absolute atomic E-state index is 0.00688. The monoisotopic (exact) mass is 520 g/mol. The summed E-state index contributed by atoms with van der Waals surface area (Å²) in [4.78, 5) is 24.9. The highest BCUT2D eigenvalue weighted by Crippen LogP contribution is 2.36. The maximum atomic E-state index is 13.6. The number of ether oxygens (including phenoxy) is 1. The summed E-state index contributed by atoms with van der Waals surface area (Å²) in [5.74, 6) is -1.25. The van der Waals surface area contributed by atoms with Gasteiger partial charge in [0.2, 0.25) is 0 Å².